The van der Waals surface area contributed by atoms with E-state index in [0.29, 0.717) is 12.1 Å². The van der Waals surface area contributed by atoms with E-state index >= 15 is 0 Å². The van der Waals surface area contributed by atoms with E-state index in [1.165, 1.54) is 11.8 Å². The number of nitrogens with zero attached hydrogens (tertiary/aromatic N) is 1. The second-order valence-corrected chi connectivity index (χ2v) is 6.24. The number of sulfonamides is 1. The maximum absolute atomic E-state index is 11.7. The zero-order valence-corrected chi connectivity index (χ0v) is 12.3. The highest BCUT2D eigenvalue weighted by molar-refractivity contribution is 7.92. The fourth-order valence-electron chi connectivity index (χ4n) is 1.50. The smallest absolute Gasteiger partial charge is 0.232 e. The highest BCUT2D eigenvalue weighted by Crippen LogP contribution is 2.18. The largest absolute Gasteiger partial charge is 0.316 e. The van der Waals surface area contributed by atoms with Crippen LogP contribution in [0.15, 0.2) is 24.3 Å². The molecule has 1 aromatic carbocycles. The number of benzene rings is 1. The minimum atomic E-state index is -3.28. The Morgan fingerprint density at radius 3 is 2.32 bits per heavy atom. The van der Waals surface area contributed by atoms with E-state index in [1.807, 2.05) is 6.92 Å². The van der Waals surface area contributed by atoms with Crippen LogP contribution in [-0.4, -0.2) is 27.1 Å². The van der Waals surface area contributed by atoms with Crippen LogP contribution >= 0.6 is 0 Å². The maximum atomic E-state index is 11.7. The van der Waals surface area contributed by atoms with E-state index in [2.05, 4.69) is 4.72 Å². The van der Waals surface area contributed by atoms with Crippen molar-refractivity contribution in [2.45, 2.75) is 26.7 Å². The van der Waals surface area contributed by atoms with Gasteiger partial charge in [-0.2, -0.15) is 0 Å². The van der Waals surface area contributed by atoms with Crippen LogP contribution in [0.2, 0.25) is 0 Å². The summed E-state index contributed by atoms with van der Waals surface area (Å²) >= 11 is 0. The lowest BCUT2D eigenvalue weighted by molar-refractivity contribution is -0.116. The van der Waals surface area contributed by atoms with Gasteiger partial charge in [0, 0.05) is 25.3 Å². The lowest BCUT2D eigenvalue weighted by Crippen LogP contribution is -2.22. The Balaban J connectivity index is 2.75. The van der Waals surface area contributed by atoms with Crippen LogP contribution in [0, 0.1) is 0 Å². The molecule has 1 N–H and O–H groups in total. The number of carbonyl (C=O) groups is 1. The molecule has 0 aliphatic carbocycles. The third kappa shape index (κ3) is 4.90. The SMILES string of the molecule is CCCCS(=O)(=O)Nc1ccc(N(C)C(C)=O)cc1. The predicted molar refractivity (Wildman–Crippen MR) is 77.8 cm³/mol. The van der Waals surface area contributed by atoms with E-state index in [4.69, 9.17) is 0 Å². The molecular weight excluding hydrogens is 264 g/mol. The molecule has 1 amide bonds. The molecule has 0 aromatic heterocycles. The van der Waals surface area contributed by atoms with Crippen LogP contribution < -0.4 is 9.62 Å². The number of anilines is 2. The molecule has 0 unspecified atom stereocenters. The van der Waals surface area contributed by atoms with Crippen LogP contribution in [0.25, 0.3) is 0 Å². The van der Waals surface area contributed by atoms with Crippen molar-refractivity contribution in [3.63, 3.8) is 0 Å². The highest BCUT2D eigenvalue weighted by atomic mass is 32.2. The Kier molecular flexibility index (Phi) is 5.35. The number of rotatable bonds is 6. The summed E-state index contributed by atoms with van der Waals surface area (Å²) in [5, 5.41) is 0. The van der Waals surface area contributed by atoms with Gasteiger partial charge in [0.15, 0.2) is 0 Å². The van der Waals surface area contributed by atoms with Gasteiger partial charge in [-0.15, -0.1) is 0 Å². The Labute approximate surface area is 114 Å². The number of hydrogen-bond acceptors (Lipinski definition) is 3. The van der Waals surface area contributed by atoms with E-state index in [1.54, 1.807) is 31.3 Å². The van der Waals surface area contributed by atoms with Gasteiger partial charge in [0.2, 0.25) is 15.9 Å². The maximum Gasteiger partial charge on any atom is 0.232 e. The number of unbranched alkanes of at least 4 members (excludes halogenated alkanes) is 1. The van der Waals surface area contributed by atoms with Crippen molar-refractivity contribution >= 4 is 27.3 Å². The first kappa shape index (κ1) is 15.5. The molecular formula is C13H20N2O3S. The third-order valence-electron chi connectivity index (χ3n) is 2.77. The van der Waals surface area contributed by atoms with Crippen molar-refractivity contribution in [2.24, 2.45) is 0 Å². The molecule has 1 rings (SSSR count). The molecule has 19 heavy (non-hydrogen) atoms. The lowest BCUT2D eigenvalue weighted by Gasteiger charge is -2.15. The molecule has 0 radical (unpaired) electrons. The molecule has 0 aliphatic rings. The van der Waals surface area contributed by atoms with Crippen molar-refractivity contribution in [1.29, 1.82) is 0 Å². The summed E-state index contributed by atoms with van der Waals surface area (Å²) in [5.74, 6) is 0.0507. The van der Waals surface area contributed by atoms with Crippen LogP contribution in [0.1, 0.15) is 26.7 Å². The molecule has 106 valence electrons. The molecule has 0 heterocycles. The van der Waals surface area contributed by atoms with Crippen LogP contribution in [0.5, 0.6) is 0 Å². The Morgan fingerprint density at radius 2 is 1.84 bits per heavy atom. The number of amides is 1. The van der Waals surface area contributed by atoms with E-state index in [-0.39, 0.29) is 11.7 Å². The summed E-state index contributed by atoms with van der Waals surface area (Å²) in [4.78, 5) is 12.7. The summed E-state index contributed by atoms with van der Waals surface area (Å²) in [6, 6.07) is 6.72. The first-order valence-electron chi connectivity index (χ1n) is 6.20. The molecule has 5 nitrogen and oxygen atoms in total. The molecule has 0 fully saturated rings. The predicted octanol–water partition coefficient (Wildman–Crippen LogP) is 2.21. The van der Waals surface area contributed by atoms with Gasteiger partial charge < -0.3 is 4.90 Å². The van der Waals surface area contributed by atoms with Crippen molar-refractivity contribution in [3.05, 3.63) is 24.3 Å². The van der Waals surface area contributed by atoms with Crippen molar-refractivity contribution in [2.75, 3.05) is 22.4 Å². The van der Waals surface area contributed by atoms with Gasteiger partial charge in [0.25, 0.3) is 0 Å². The summed E-state index contributed by atoms with van der Waals surface area (Å²) in [6.45, 7) is 3.42. The number of carbonyl (C=O) groups excluding carboxylic acids is 1. The van der Waals surface area contributed by atoms with Crippen molar-refractivity contribution in [3.8, 4) is 0 Å². The standard InChI is InChI=1S/C13H20N2O3S/c1-4-5-10-19(17,18)14-12-6-8-13(9-7-12)15(3)11(2)16/h6-9,14H,4-5,10H2,1-3H3. The zero-order chi connectivity index (χ0) is 14.5. The number of nitrogens with one attached hydrogen (secondary N) is 1. The summed E-state index contributed by atoms with van der Waals surface area (Å²) in [6.07, 6.45) is 1.48. The van der Waals surface area contributed by atoms with Gasteiger partial charge in [0.05, 0.1) is 5.75 Å². The van der Waals surface area contributed by atoms with Crippen LogP contribution in [0.3, 0.4) is 0 Å². The van der Waals surface area contributed by atoms with Crippen molar-refractivity contribution < 1.29 is 13.2 Å². The summed E-state index contributed by atoms with van der Waals surface area (Å²) < 4.78 is 25.9. The fraction of sp³-hybridized carbons (Fsp3) is 0.462. The van der Waals surface area contributed by atoms with Gasteiger partial charge in [0.1, 0.15) is 0 Å². The average Bonchev–Trinajstić information content (AvgIpc) is 2.36. The second kappa shape index (κ2) is 6.56. The lowest BCUT2D eigenvalue weighted by atomic mass is 10.2. The Hall–Kier alpha value is -1.56. The fourth-order valence-corrected chi connectivity index (χ4v) is 2.77. The van der Waals surface area contributed by atoms with E-state index < -0.39 is 10.0 Å². The average molecular weight is 284 g/mol. The molecule has 0 aliphatic heterocycles. The molecule has 0 spiro atoms. The normalized spacial score (nSPS) is 11.1. The second-order valence-electron chi connectivity index (χ2n) is 4.40. The topological polar surface area (TPSA) is 66.5 Å². The van der Waals surface area contributed by atoms with E-state index in [9.17, 15) is 13.2 Å². The first-order chi connectivity index (χ1) is 8.85. The van der Waals surface area contributed by atoms with Gasteiger partial charge in [-0.3, -0.25) is 9.52 Å². The summed E-state index contributed by atoms with van der Waals surface area (Å²) in [5.41, 5.74) is 1.24. The minimum Gasteiger partial charge on any atom is -0.316 e. The van der Waals surface area contributed by atoms with E-state index in [0.717, 1.165) is 12.1 Å². The Morgan fingerprint density at radius 1 is 1.26 bits per heavy atom. The third-order valence-corrected chi connectivity index (χ3v) is 4.14. The highest BCUT2D eigenvalue weighted by Gasteiger charge is 2.10. The summed E-state index contributed by atoms with van der Waals surface area (Å²) in [7, 11) is -1.61. The minimum absolute atomic E-state index is 0.0729. The van der Waals surface area contributed by atoms with Gasteiger partial charge in [-0.25, -0.2) is 8.42 Å². The number of hydrogen-bond donors (Lipinski definition) is 1. The van der Waals surface area contributed by atoms with Crippen LogP contribution in [0.4, 0.5) is 11.4 Å². The van der Waals surface area contributed by atoms with Crippen molar-refractivity contribution in [1.82, 2.24) is 0 Å². The molecule has 1 aromatic rings. The Bertz CT molecular complexity index is 523. The molecule has 0 saturated carbocycles. The first-order valence-corrected chi connectivity index (χ1v) is 7.86. The molecule has 6 heteroatoms. The van der Waals surface area contributed by atoms with Crippen LogP contribution in [-0.2, 0) is 14.8 Å². The van der Waals surface area contributed by atoms with Gasteiger partial charge >= 0.3 is 0 Å². The zero-order valence-electron chi connectivity index (χ0n) is 11.5. The quantitative estimate of drug-likeness (QED) is 0.871. The molecule has 0 bridgehead atoms. The van der Waals surface area contributed by atoms with Gasteiger partial charge in [-0.05, 0) is 30.7 Å². The monoisotopic (exact) mass is 284 g/mol. The molecule has 0 atom stereocenters. The van der Waals surface area contributed by atoms with Gasteiger partial charge in [-0.1, -0.05) is 13.3 Å². The molecule has 0 saturated heterocycles.